The molecule has 1 amide bonds. The molecule has 0 saturated heterocycles. The van der Waals surface area contributed by atoms with Crippen molar-refractivity contribution in [3.8, 4) is 11.5 Å². The number of alkyl halides is 3. The van der Waals surface area contributed by atoms with Crippen LogP contribution in [0.3, 0.4) is 0 Å². The molecule has 0 bridgehead atoms. The average molecular weight is 464 g/mol. The highest BCUT2D eigenvalue weighted by molar-refractivity contribution is 9.11. The maximum Gasteiger partial charge on any atom is 0.405 e. The summed E-state index contributed by atoms with van der Waals surface area (Å²) in [7, 11) is 1.37. The molecule has 3 N–H and O–H groups in total. The van der Waals surface area contributed by atoms with E-state index in [4.69, 9.17) is 9.94 Å². The molecule has 0 spiro atoms. The molecule has 1 aromatic rings. The molecule has 11 heteroatoms. The fraction of sp³-hybridized carbons (Fsp3) is 0.333. The van der Waals surface area contributed by atoms with Crippen molar-refractivity contribution in [1.29, 1.82) is 0 Å². The van der Waals surface area contributed by atoms with Gasteiger partial charge in [-0.25, -0.2) is 0 Å². The van der Waals surface area contributed by atoms with Crippen LogP contribution in [0.15, 0.2) is 20.2 Å². The van der Waals surface area contributed by atoms with Crippen LogP contribution in [0.2, 0.25) is 0 Å². The summed E-state index contributed by atoms with van der Waals surface area (Å²) in [5.41, 5.74) is -0.451. The summed E-state index contributed by atoms with van der Waals surface area (Å²) in [6.45, 7) is -1.56. The molecule has 0 fully saturated rings. The van der Waals surface area contributed by atoms with E-state index in [9.17, 15) is 23.1 Å². The molecule has 0 saturated carbocycles. The van der Waals surface area contributed by atoms with E-state index in [1.807, 2.05) is 0 Å². The fourth-order valence-corrected chi connectivity index (χ4v) is 3.12. The number of oxime groups is 1. The van der Waals surface area contributed by atoms with Crippen molar-refractivity contribution in [3.05, 3.63) is 20.6 Å². The van der Waals surface area contributed by atoms with E-state index in [-0.39, 0.29) is 21.5 Å². The highest BCUT2D eigenvalue weighted by Crippen LogP contribution is 2.42. The SMILES string of the molecule is COc1c(Br)cc(C/C(=N\O)C(=O)NCC(F)(F)F)c(O)c1Br. The Labute approximate surface area is 145 Å². The van der Waals surface area contributed by atoms with Crippen molar-refractivity contribution in [2.75, 3.05) is 13.7 Å². The zero-order valence-electron chi connectivity index (χ0n) is 11.5. The lowest BCUT2D eigenvalue weighted by atomic mass is 10.1. The van der Waals surface area contributed by atoms with E-state index in [1.165, 1.54) is 13.2 Å². The van der Waals surface area contributed by atoms with Crippen LogP contribution in [-0.2, 0) is 11.2 Å². The van der Waals surface area contributed by atoms with E-state index in [0.717, 1.165) is 0 Å². The van der Waals surface area contributed by atoms with Crippen molar-refractivity contribution in [2.24, 2.45) is 5.16 Å². The number of benzene rings is 1. The van der Waals surface area contributed by atoms with Gasteiger partial charge in [-0.2, -0.15) is 13.2 Å². The summed E-state index contributed by atoms with van der Waals surface area (Å²) in [5.74, 6) is -1.21. The van der Waals surface area contributed by atoms with E-state index < -0.39 is 30.8 Å². The maximum atomic E-state index is 12.1. The zero-order valence-corrected chi connectivity index (χ0v) is 14.7. The molecule has 0 atom stereocenters. The van der Waals surface area contributed by atoms with Gasteiger partial charge in [-0.15, -0.1) is 0 Å². The quantitative estimate of drug-likeness (QED) is 0.355. The van der Waals surface area contributed by atoms with Crippen LogP contribution >= 0.6 is 31.9 Å². The molecule has 0 aliphatic carbocycles. The van der Waals surface area contributed by atoms with Crippen LogP contribution in [0.5, 0.6) is 11.5 Å². The second kappa shape index (κ2) is 7.86. The van der Waals surface area contributed by atoms with Crippen LogP contribution in [-0.4, -0.2) is 41.8 Å². The number of amides is 1. The standard InChI is InChI=1S/C12H11Br2F3N2O4/c1-23-10-6(13)2-5(9(20)8(10)14)3-7(19-22)11(21)18-4-12(15,16)17/h2,20,22H,3-4H2,1H3,(H,18,21)/b19-7+. The van der Waals surface area contributed by atoms with Gasteiger partial charge >= 0.3 is 6.18 Å². The van der Waals surface area contributed by atoms with Crippen molar-refractivity contribution < 1.29 is 33.0 Å². The van der Waals surface area contributed by atoms with Gasteiger partial charge in [0, 0.05) is 12.0 Å². The normalized spacial score (nSPS) is 12.2. The van der Waals surface area contributed by atoms with Crippen molar-refractivity contribution in [2.45, 2.75) is 12.6 Å². The number of carbonyl (C=O) groups excluding carboxylic acids is 1. The van der Waals surface area contributed by atoms with Gasteiger partial charge in [-0.3, -0.25) is 4.79 Å². The van der Waals surface area contributed by atoms with Crippen LogP contribution in [0.25, 0.3) is 0 Å². The van der Waals surface area contributed by atoms with Gasteiger partial charge in [0.15, 0.2) is 5.75 Å². The lowest BCUT2D eigenvalue weighted by Crippen LogP contribution is -2.38. The van der Waals surface area contributed by atoms with Crippen LogP contribution in [0.1, 0.15) is 5.56 Å². The van der Waals surface area contributed by atoms with Crippen LogP contribution < -0.4 is 10.1 Å². The highest BCUT2D eigenvalue weighted by atomic mass is 79.9. The van der Waals surface area contributed by atoms with E-state index in [2.05, 4.69) is 37.0 Å². The molecule has 1 aromatic carbocycles. The summed E-state index contributed by atoms with van der Waals surface area (Å²) in [6, 6.07) is 1.39. The van der Waals surface area contributed by atoms with Gasteiger partial charge in [0.1, 0.15) is 22.5 Å². The number of hydrogen-bond donors (Lipinski definition) is 3. The number of ether oxygens (including phenoxy) is 1. The minimum Gasteiger partial charge on any atom is -0.506 e. The second-order valence-electron chi connectivity index (χ2n) is 4.23. The molecular formula is C12H11Br2F3N2O4. The summed E-state index contributed by atoms with van der Waals surface area (Å²) in [6.07, 6.45) is -4.99. The summed E-state index contributed by atoms with van der Waals surface area (Å²) in [4.78, 5) is 11.6. The number of methoxy groups -OCH3 is 1. The Hall–Kier alpha value is -1.49. The Morgan fingerprint density at radius 3 is 2.52 bits per heavy atom. The molecule has 128 valence electrons. The number of phenolic OH excluding ortho intramolecular Hbond substituents is 1. The average Bonchev–Trinajstić information content (AvgIpc) is 2.46. The first kappa shape index (κ1) is 19.6. The molecule has 0 radical (unpaired) electrons. The number of halogens is 5. The van der Waals surface area contributed by atoms with Crippen LogP contribution in [0.4, 0.5) is 13.2 Å². The minimum atomic E-state index is -4.59. The minimum absolute atomic E-state index is 0.138. The van der Waals surface area contributed by atoms with Gasteiger partial charge in [-0.1, -0.05) is 5.16 Å². The number of phenols is 1. The van der Waals surface area contributed by atoms with Gasteiger partial charge in [-0.05, 0) is 37.9 Å². The third-order valence-corrected chi connectivity index (χ3v) is 3.95. The number of nitrogens with one attached hydrogen (secondary N) is 1. The zero-order chi connectivity index (χ0) is 17.8. The molecule has 0 aliphatic heterocycles. The molecule has 0 aliphatic rings. The Bertz CT molecular complexity index is 636. The van der Waals surface area contributed by atoms with E-state index in [1.54, 1.807) is 5.32 Å². The third-order valence-electron chi connectivity index (χ3n) is 2.62. The largest absolute Gasteiger partial charge is 0.506 e. The summed E-state index contributed by atoms with van der Waals surface area (Å²) < 4.78 is 41.9. The third kappa shape index (κ3) is 5.27. The first-order valence-electron chi connectivity index (χ1n) is 5.90. The lowest BCUT2D eigenvalue weighted by Gasteiger charge is -2.13. The predicted molar refractivity (Wildman–Crippen MR) is 82.0 cm³/mol. The Kier molecular flexibility index (Phi) is 6.69. The van der Waals surface area contributed by atoms with Gasteiger partial charge in [0.2, 0.25) is 0 Å². The molecule has 0 unspecified atom stereocenters. The van der Waals surface area contributed by atoms with Gasteiger partial charge in [0.25, 0.3) is 5.91 Å². The summed E-state index contributed by atoms with van der Waals surface area (Å²) in [5, 5.41) is 23.1. The number of aromatic hydroxyl groups is 1. The molecule has 1 rings (SSSR count). The predicted octanol–water partition coefficient (Wildman–Crippen LogP) is 2.98. The lowest BCUT2D eigenvalue weighted by molar-refractivity contribution is -0.135. The fourth-order valence-electron chi connectivity index (χ4n) is 1.59. The van der Waals surface area contributed by atoms with Crippen molar-refractivity contribution in [1.82, 2.24) is 5.32 Å². The number of carbonyl (C=O) groups is 1. The molecule has 0 aromatic heterocycles. The molecule has 23 heavy (non-hydrogen) atoms. The van der Waals surface area contributed by atoms with Crippen molar-refractivity contribution >= 4 is 43.5 Å². The first-order valence-corrected chi connectivity index (χ1v) is 7.49. The smallest absolute Gasteiger partial charge is 0.405 e. The van der Waals surface area contributed by atoms with E-state index >= 15 is 0 Å². The van der Waals surface area contributed by atoms with Crippen LogP contribution in [0, 0.1) is 0 Å². The number of hydrogen-bond acceptors (Lipinski definition) is 5. The molecule has 6 nitrogen and oxygen atoms in total. The maximum absolute atomic E-state index is 12.1. The second-order valence-corrected chi connectivity index (χ2v) is 5.88. The topological polar surface area (TPSA) is 91.2 Å². The summed E-state index contributed by atoms with van der Waals surface area (Å²) >= 11 is 6.27. The van der Waals surface area contributed by atoms with Gasteiger partial charge in [0.05, 0.1) is 11.6 Å². The Balaban J connectivity index is 2.99. The number of nitrogens with zero attached hydrogens (tertiary/aromatic N) is 1. The molecule has 0 heterocycles. The Morgan fingerprint density at radius 1 is 1.43 bits per heavy atom. The number of rotatable bonds is 5. The van der Waals surface area contributed by atoms with Gasteiger partial charge < -0.3 is 20.4 Å². The van der Waals surface area contributed by atoms with Crippen molar-refractivity contribution in [3.63, 3.8) is 0 Å². The Morgan fingerprint density at radius 2 is 2.04 bits per heavy atom. The first-order chi connectivity index (χ1) is 10.6. The highest BCUT2D eigenvalue weighted by Gasteiger charge is 2.29. The van der Waals surface area contributed by atoms with E-state index in [0.29, 0.717) is 4.47 Å². The molecular weight excluding hydrogens is 453 g/mol. The monoisotopic (exact) mass is 462 g/mol.